The molecule has 3 rings (SSSR count). The predicted molar refractivity (Wildman–Crippen MR) is 91.4 cm³/mol. The van der Waals surface area contributed by atoms with E-state index in [1.807, 2.05) is 6.92 Å². The third-order valence-electron chi connectivity index (χ3n) is 3.67. The Morgan fingerprint density at radius 3 is 2.67 bits per heavy atom. The average molecular weight is 326 g/mol. The zero-order chi connectivity index (χ0) is 17.1. The van der Waals surface area contributed by atoms with Crippen LogP contribution in [0.3, 0.4) is 0 Å². The Labute approximate surface area is 138 Å². The van der Waals surface area contributed by atoms with Crippen molar-refractivity contribution in [3.8, 4) is 5.69 Å². The van der Waals surface area contributed by atoms with Gasteiger partial charge >= 0.3 is 0 Å². The van der Waals surface area contributed by atoms with E-state index in [4.69, 9.17) is 0 Å². The number of aromatic nitrogens is 4. The number of aryl methyl sites for hydroxylation is 1. The number of nitrogens with zero attached hydrogens (tertiary/aromatic N) is 5. The van der Waals surface area contributed by atoms with E-state index in [-0.39, 0.29) is 5.69 Å². The van der Waals surface area contributed by atoms with Gasteiger partial charge in [-0.05, 0) is 25.5 Å². The maximum atomic E-state index is 10.8. The molecule has 3 aromatic rings. The molecule has 0 unspecified atom stereocenters. The van der Waals surface area contributed by atoms with Gasteiger partial charge in [0, 0.05) is 18.7 Å². The van der Waals surface area contributed by atoms with E-state index >= 15 is 0 Å². The van der Waals surface area contributed by atoms with Gasteiger partial charge in [-0.25, -0.2) is 14.6 Å². The molecule has 2 aromatic heterocycles. The van der Waals surface area contributed by atoms with Crippen LogP contribution in [0, 0.1) is 17.0 Å². The number of nitro benzene ring substituents is 1. The van der Waals surface area contributed by atoms with Crippen LogP contribution in [0.4, 0.5) is 11.5 Å². The lowest BCUT2D eigenvalue weighted by atomic mass is 10.3. The van der Waals surface area contributed by atoms with Crippen LogP contribution in [0.5, 0.6) is 0 Å². The first-order chi connectivity index (χ1) is 11.6. The van der Waals surface area contributed by atoms with Gasteiger partial charge in [0.1, 0.15) is 11.6 Å². The van der Waals surface area contributed by atoms with Crippen molar-refractivity contribution in [3.63, 3.8) is 0 Å². The molecule has 1 aromatic carbocycles. The van der Waals surface area contributed by atoms with Crippen LogP contribution in [0.2, 0.25) is 0 Å². The summed E-state index contributed by atoms with van der Waals surface area (Å²) in [6.45, 7) is 4.80. The summed E-state index contributed by atoms with van der Waals surface area (Å²) in [6, 6.07) is 6.23. The van der Waals surface area contributed by atoms with Crippen molar-refractivity contribution < 1.29 is 4.92 Å². The maximum absolute atomic E-state index is 10.8. The summed E-state index contributed by atoms with van der Waals surface area (Å²) in [5.41, 5.74) is 1.44. The quantitative estimate of drug-likeness (QED) is 0.424. The van der Waals surface area contributed by atoms with Crippen molar-refractivity contribution in [3.05, 3.63) is 46.4 Å². The molecular formula is C16H18N6O2. The second-order valence-corrected chi connectivity index (χ2v) is 5.47. The van der Waals surface area contributed by atoms with Gasteiger partial charge in [-0.1, -0.05) is 13.3 Å². The van der Waals surface area contributed by atoms with Gasteiger partial charge in [0.25, 0.3) is 5.69 Å². The van der Waals surface area contributed by atoms with Crippen molar-refractivity contribution in [2.24, 2.45) is 0 Å². The van der Waals surface area contributed by atoms with Crippen molar-refractivity contribution in [1.82, 2.24) is 19.7 Å². The number of hydrogen-bond acceptors (Lipinski definition) is 6. The number of rotatable bonds is 6. The van der Waals surface area contributed by atoms with Crippen LogP contribution in [0.25, 0.3) is 16.7 Å². The lowest BCUT2D eigenvalue weighted by Crippen LogP contribution is -2.06. The topological polar surface area (TPSA) is 98.8 Å². The Hall–Kier alpha value is -3.03. The molecule has 0 saturated heterocycles. The molecular weight excluding hydrogens is 308 g/mol. The van der Waals surface area contributed by atoms with Crippen molar-refractivity contribution >= 4 is 22.5 Å². The van der Waals surface area contributed by atoms with E-state index in [9.17, 15) is 10.1 Å². The highest BCUT2D eigenvalue weighted by Crippen LogP contribution is 2.23. The van der Waals surface area contributed by atoms with Gasteiger partial charge in [-0.2, -0.15) is 5.10 Å². The number of hydrogen-bond donors (Lipinski definition) is 1. The molecule has 0 bridgehead atoms. The zero-order valence-electron chi connectivity index (χ0n) is 13.6. The second kappa shape index (κ2) is 6.61. The van der Waals surface area contributed by atoms with E-state index in [0.717, 1.165) is 30.6 Å². The fraction of sp³-hybridized carbons (Fsp3) is 0.312. The van der Waals surface area contributed by atoms with Gasteiger partial charge in [0.05, 0.1) is 22.2 Å². The smallest absolute Gasteiger partial charge is 0.269 e. The molecule has 2 heterocycles. The van der Waals surface area contributed by atoms with E-state index in [1.54, 1.807) is 23.0 Å². The van der Waals surface area contributed by atoms with E-state index < -0.39 is 4.92 Å². The van der Waals surface area contributed by atoms with E-state index in [0.29, 0.717) is 17.2 Å². The third kappa shape index (κ3) is 3.03. The number of benzene rings is 1. The highest BCUT2D eigenvalue weighted by atomic mass is 16.6. The normalized spacial score (nSPS) is 10.9. The summed E-state index contributed by atoms with van der Waals surface area (Å²) >= 11 is 0. The maximum Gasteiger partial charge on any atom is 0.269 e. The van der Waals surface area contributed by atoms with Crippen LogP contribution < -0.4 is 5.32 Å². The first kappa shape index (κ1) is 15.9. The number of nitrogens with one attached hydrogen (secondary N) is 1. The van der Waals surface area contributed by atoms with Gasteiger partial charge in [0.15, 0.2) is 5.65 Å². The molecule has 124 valence electrons. The Balaban J connectivity index is 2.01. The summed E-state index contributed by atoms with van der Waals surface area (Å²) in [5, 5.41) is 19.3. The standard InChI is InChI=1S/C16H18N6O2/c1-3-4-9-17-15-14-10-18-21(16(14)20-11(2)19-15)12-5-7-13(8-6-12)22(23)24/h5-8,10H,3-4,9H2,1-2H3,(H,17,19,20). The highest BCUT2D eigenvalue weighted by molar-refractivity contribution is 5.87. The minimum Gasteiger partial charge on any atom is -0.369 e. The molecule has 0 saturated carbocycles. The van der Waals surface area contributed by atoms with Crippen molar-refractivity contribution in [1.29, 1.82) is 0 Å². The molecule has 0 aliphatic rings. The Morgan fingerprint density at radius 1 is 1.25 bits per heavy atom. The Bertz CT molecular complexity index is 872. The van der Waals surface area contributed by atoms with Crippen LogP contribution >= 0.6 is 0 Å². The van der Waals surface area contributed by atoms with Gasteiger partial charge < -0.3 is 5.32 Å². The minimum absolute atomic E-state index is 0.0444. The van der Waals surface area contributed by atoms with Crippen LogP contribution in [0.15, 0.2) is 30.5 Å². The first-order valence-corrected chi connectivity index (χ1v) is 7.81. The molecule has 0 amide bonds. The number of unbranched alkanes of at least 4 members (excludes halogenated alkanes) is 1. The number of fused-ring (bicyclic) bond motifs is 1. The third-order valence-corrected chi connectivity index (χ3v) is 3.67. The van der Waals surface area contributed by atoms with Crippen LogP contribution in [-0.2, 0) is 0 Å². The Morgan fingerprint density at radius 2 is 2.00 bits per heavy atom. The zero-order valence-corrected chi connectivity index (χ0v) is 13.6. The summed E-state index contributed by atoms with van der Waals surface area (Å²) < 4.78 is 1.67. The number of nitro groups is 1. The van der Waals surface area contributed by atoms with Crippen LogP contribution in [-0.4, -0.2) is 31.2 Å². The molecule has 0 radical (unpaired) electrons. The molecule has 1 N–H and O–H groups in total. The Kier molecular flexibility index (Phi) is 4.37. The second-order valence-electron chi connectivity index (χ2n) is 5.47. The molecule has 8 nitrogen and oxygen atoms in total. The lowest BCUT2D eigenvalue weighted by Gasteiger charge is -2.08. The molecule has 0 fully saturated rings. The molecule has 0 aliphatic carbocycles. The summed E-state index contributed by atoms with van der Waals surface area (Å²) in [7, 11) is 0. The number of non-ortho nitro benzene ring substituents is 1. The molecule has 0 aliphatic heterocycles. The largest absolute Gasteiger partial charge is 0.369 e. The summed E-state index contributed by atoms with van der Waals surface area (Å²) in [4.78, 5) is 19.3. The molecule has 24 heavy (non-hydrogen) atoms. The molecule has 0 spiro atoms. The highest BCUT2D eigenvalue weighted by Gasteiger charge is 2.13. The SMILES string of the molecule is CCCCNc1nc(C)nc2c1cnn2-c1ccc([N+](=O)[O-])cc1. The lowest BCUT2D eigenvalue weighted by molar-refractivity contribution is -0.384. The van der Waals surface area contributed by atoms with Crippen molar-refractivity contribution in [2.75, 3.05) is 11.9 Å². The summed E-state index contributed by atoms with van der Waals surface area (Å²) in [5.74, 6) is 1.41. The fourth-order valence-corrected chi connectivity index (χ4v) is 2.44. The molecule has 8 heteroatoms. The first-order valence-electron chi connectivity index (χ1n) is 7.81. The van der Waals surface area contributed by atoms with Crippen LogP contribution in [0.1, 0.15) is 25.6 Å². The number of anilines is 1. The van der Waals surface area contributed by atoms with E-state index in [2.05, 4.69) is 27.3 Å². The van der Waals surface area contributed by atoms with Gasteiger partial charge in [0.2, 0.25) is 0 Å². The molecule has 0 atom stereocenters. The van der Waals surface area contributed by atoms with Crippen molar-refractivity contribution in [2.45, 2.75) is 26.7 Å². The average Bonchev–Trinajstić information content (AvgIpc) is 2.99. The van der Waals surface area contributed by atoms with Gasteiger partial charge in [-0.15, -0.1) is 0 Å². The monoisotopic (exact) mass is 326 g/mol. The summed E-state index contributed by atoms with van der Waals surface area (Å²) in [6.07, 6.45) is 3.87. The van der Waals surface area contributed by atoms with E-state index in [1.165, 1.54) is 12.1 Å². The fourth-order valence-electron chi connectivity index (χ4n) is 2.44. The van der Waals surface area contributed by atoms with Gasteiger partial charge in [-0.3, -0.25) is 10.1 Å². The minimum atomic E-state index is -0.424. The predicted octanol–water partition coefficient (Wildman–Crippen LogP) is 3.24.